The standard InChI is InChI=1S/C9H13NO3S/c1-8(7-13-14(10,11)12)9-5-3-2-4-6-9/h2-6,8H,7H2,1H3,(H2,10,11,12). The highest BCUT2D eigenvalue weighted by Crippen LogP contribution is 2.14. The predicted molar refractivity (Wildman–Crippen MR) is 53.9 cm³/mol. The second-order valence-corrected chi connectivity index (χ2v) is 4.31. The second kappa shape index (κ2) is 4.54. The highest BCUT2D eigenvalue weighted by atomic mass is 32.2. The highest BCUT2D eigenvalue weighted by Gasteiger charge is 2.09. The molecule has 78 valence electrons. The van der Waals surface area contributed by atoms with Crippen LogP contribution in [0.25, 0.3) is 0 Å². The molecule has 0 fully saturated rings. The first-order valence-corrected chi connectivity index (χ1v) is 5.68. The molecule has 0 aromatic heterocycles. The van der Waals surface area contributed by atoms with Crippen LogP contribution in [0.3, 0.4) is 0 Å². The largest absolute Gasteiger partial charge is 0.333 e. The molecule has 0 aliphatic carbocycles. The van der Waals surface area contributed by atoms with Gasteiger partial charge in [0.2, 0.25) is 0 Å². The van der Waals surface area contributed by atoms with Gasteiger partial charge in [-0.1, -0.05) is 37.3 Å². The summed E-state index contributed by atoms with van der Waals surface area (Å²) in [4.78, 5) is 0. The molecule has 0 amide bonds. The molecule has 0 saturated heterocycles. The van der Waals surface area contributed by atoms with Gasteiger partial charge >= 0.3 is 10.3 Å². The van der Waals surface area contributed by atoms with Gasteiger partial charge in [-0.3, -0.25) is 4.18 Å². The lowest BCUT2D eigenvalue weighted by Gasteiger charge is -2.10. The smallest absolute Gasteiger partial charge is 0.258 e. The Bertz CT molecular complexity index is 374. The molecule has 5 heteroatoms. The van der Waals surface area contributed by atoms with E-state index in [9.17, 15) is 8.42 Å². The van der Waals surface area contributed by atoms with Gasteiger partial charge in [-0.2, -0.15) is 8.42 Å². The summed E-state index contributed by atoms with van der Waals surface area (Å²) in [5.74, 6) is 0.00882. The molecule has 2 N–H and O–H groups in total. The number of benzene rings is 1. The van der Waals surface area contributed by atoms with E-state index >= 15 is 0 Å². The Balaban J connectivity index is 2.56. The molecule has 0 heterocycles. The molecule has 1 aromatic rings. The molecule has 0 bridgehead atoms. The van der Waals surface area contributed by atoms with Crippen LogP contribution in [0.2, 0.25) is 0 Å². The van der Waals surface area contributed by atoms with Crippen LogP contribution in [0.4, 0.5) is 0 Å². The van der Waals surface area contributed by atoms with Crippen LogP contribution in [-0.2, 0) is 14.5 Å². The summed E-state index contributed by atoms with van der Waals surface area (Å²) in [5.41, 5.74) is 1.02. The van der Waals surface area contributed by atoms with Crippen molar-refractivity contribution in [1.29, 1.82) is 0 Å². The van der Waals surface area contributed by atoms with E-state index < -0.39 is 10.3 Å². The van der Waals surface area contributed by atoms with Crippen molar-refractivity contribution >= 4 is 10.3 Å². The molecule has 0 spiro atoms. The quantitative estimate of drug-likeness (QED) is 0.815. The molecule has 0 saturated carbocycles. The van der Waals surface area contributed by atoms with E-state index in [1.165, 1.54) is 0 Å². The van der Waals surface area contributed by atoms with Crippen LogP contribution in [0.15, 0.2) is 30.3 Å². The fraction of sp³-hybridized carbons (Fsp3) is 0.333. The normalized spacial score (nSPS) is 13.9. The Labute approximate surface area is 83.9 Å². The zero-order valence-electron chi connectivity index (χ0n) is 7.88. The average molecular weight is 215 g/mol. The minimum absolute atomic E-state index is 0.00882. The third-order valence-corrected chi connectivity index (χ3v) is 2.32. The van der Waals surface area contributed by atoms with Gasteiger partial charge in [-0.15, -0.1) is 0 Å². The third-order valence-electron chi connectivity index (χ3n) is 1.85. The number of rotatable bonds is 4. The fourth-order valence-electron chi connectivity index (χ4n) is 1.07. The molecule has 1 unspecified atom stereocenters. The Morgan fingerprint density at radius 3 is 2.43 bits per heavy atom. The summed E-state index contributed by atoms with van der Waals surface area (Å²) >= 11 is 0. The highest BCUT2D eigenvalue weighted by molar-refractivity contribution is 7.84. The molecule has 1 rings (SSSR count). The number of hydrogen-bond donors (Lipinski definition) is 1. The topological polar surface area (TPSA) is 69.4 Å². The predicted octanol–water partition coefficient (Wildman–Crippen LogP) is 1.01. The van der Waals surface area contributed by atoms with Gasteiger partial charge in [0.25, 0.3) is 0 Å². The SMILES string of the molecule is CC(COS(N)(=O)=O)c1ccccc1. The summed E-state index contributed by atoms with van der Waals surface area (Å²) < 4.78 is 25.5. The summed E-state index contributed by atoms with van der Waals surface area (Å²) in [5, 5.41) is 4.71. The number of nitrogens with two attached hydrogens (primary N) is 1. The van der Waals surface area contributed by atoms with Crippen molar-refractivity contribution in [3.63, 3.8) is 0 Å². The van der Waals surface area contributed by atoms with E-state index in [0.29, 0.717) is 0 Å². The zero-order chi connectivity index (χ0) is 10.6. The van der Waals surface area contributed by atoms with E-state index in [1.54, 1.807) is 0 Å². The Morgan fingerprint density at radius 1 is 1.36 bits per heavy atom. The van der Waals surface area contributed by atoms with Gasteiger partial charge < -0.3 is 0 Å². The molecule has 0 aliphatic heterocycles. The van der Waals surface area contributed by atoms with Crippen molar-refractivity contribution < 1.29 is 12.6 Å². The molecule has 1 aromatic carbocycles. The fourth-order valence-corrected chi connectivity index (χ4v) is 1.47. The van der Waals surface area contributed by atoms with Gasteiger partial charge in [0, 0.05) is 5.92 Å². The maximum atomic E-state index is 10.5. The van der Waals surface area contributed by atoms with Gasteiger partial charge in [0.05, 0.1) is 6.61 Å². The summed E-state index contributed by atoms with van der Waals surface area (Å²) in [7, 11) is -3.83. The third kappa shape index (κ3) is 3.87. The van der Waals surface area contributed by atoms with Gasteiger partial charge in [0.15, 0.2) is 0 Å². The first-order chi connectivity index (χ1) is 6.49. The Kier molecular flexibility index (Phi) is 3.62. The number of hydrogen-bond acceptors (Lipinski definition) is 3. The lowest BCUT2D eigenvalue weighted by Crippen LogP contribution is -2.18. The Morgan fingerprint density at radius 2 is 1.93 bits per heavy atom. The van der Waals surface area contributed by atoms with Crippen LogP contribution >= 0.6 is 0 Å². The van der Waals surface area contributed by atoms with E-state index in [4.69, 9.17) is 5.14 Å². The molecule has 1 atom stereocenters. The maximum Gasteiger partial charge on any atom is 0.333 e. The van der Waals surface area contributed by atoms with Crippen molar-refractivity contribution in [2.45, 2.75) is 12.8 Å². The van der Waals surface area contributed by atoms with Crippen molar-refractivity contribution in [1.82, 2.24) is 0 Å². The molecular weight excluding hydrogens is 202 g/mol. The van der Waals surface area contributed by atoms with Crippen molar-refractivity contribution in [3.8, 4) is 0 Å². The first kappa shape index (κ1) is 11.2. The van der Waals surface area contributed by atoms with Crippen molar-refractivity contribution in [2.75, 3.05) is 6.61 Å². The summed E-state index contributed by atoms with van der Waals surface area (Å²) in [6.07, 6.45) is 0. The van der Waals surface area contributed by atoms with Crippen LogP contribution < -0.4 is 5.14 Å². The van der Waals surface area contributed by atoms with Crippen LogP contribution in [0.1, 0.15) is 18.4 Å². The van der Waals surface area contributed by atoms with Gasteiger partial charge in [-0.05, 0) is 5.56 Å². The lowest BCUT2D eigenvalue weighted by atomic mass is 10.0. The maximum absolute atomic E-state index is 10.5. The van der Waals surface area contributed by atoms with Crippen molar-refractivity contribution in [2.24, 2.45) is 5.14 Å². The summed E-state index contributed by atoms with van der Waals surface area (Å²) in [6, 6.07) is 9.51. The zero-order valence-corrected chi connectivity index (χ0v) is 8.70. The molecule has 4 nitrogen and oxygen atoms in total. The lowest BCUT2D eigenvalue weighted by molar-refractivity contribution is 0.299. The monoisotopic (exact) mass is 215 g/mol. The van der Waals surface area contributed by atoms with Gasteiger partial charge in [-0.25, -0.2) is 5.14 Å². The minimum atomic E-state index is -3.83. The Hall–Kier alpha value is -0.910. The van der Waals surface area contributed by atoms with E-state index in [-0.39, 0.29) is 12.5 Å². The molecule has 14 heavy (non-hydrogen) atoms. The molecule has 0 radical (unpaired) electrons. The average Bonchev–Trinajstić information content (AvgIpc) is 2.14. The summed E-state index contributed by atoms with van der Waals surface area (Å²) in [6.45, 7) is 1.95. The van der Waals surface area contributed by atoms with E-state index in [1.807, 2.05) is 37.3 Å². The minimum Gasteiger partial charge on any atom is -0.258 e. The van der Waals surface area contributed by atoms with E-state index in [2.05, 4.69) is 4.18 Å². The van der Waals surface area contributed by atoms with Crippen LogP contribution in [0, 0.1) is 0 Å². The van der Waals surface area contributed by atoms with E-state index in [0.717, 1.165) is 5.56 Å². The van der Waals surface area contributed by atoms with Crippen LogP contribution in [-0.4, -0.2) is 15.0 Å². The van der Waals surface area contributed by atoms with Crippen molar-refractivity contribution in [3.05, 3.63) is 35.9 Å². The van der Waals surface area contributed by atoms with Gasteiger partial charge in [0.1, 0.15) is 0 Å². The first-order valence-electron chi connectivity index (χ1n) is 4.21. The van der Waals surface area contributed by atoms with Crippen LogP contribution in [0.5, 0.6) is 0 Å². The second-order valence-electron chi connectivity index (χ2n) is 3.09. The molecular formula is C9H13NO3S. The molecule has 0 aliphatic rings.